The van der Waals surface area contributed by atoms with E-state index in [1.54, 1.807) is 17.9 Å². The van der Waals surface area contributed by atoms with Gasteiger partial charge in [-0.15, -0.1) is 0 Å². The van der Waals surface area contributed by atoms with E-state index in [9.17, 15) is 9.59 Å². The lowest BCUT2D eigenvalue weighted by atomic mass is 10.1. The topological polar surface area (TPSA) is 75.4 Å². The summed E-state index contributed by atoms with van der Waals surface area (Å²) in [6.07, 6.45) is 1.88. The Labute approximate surface area is 131 Å². The van der Waals surface area contributed by atoms with Crippen molar-refractivity contribution < 1.29 is 14.7 Å². The molecule has 1 amide bonds. The molecule has 1 atom stereocenters. The second kappa shape index (κ2) is 5.74. The third-order valence-electron chi connectivity index (χ3n) is 3.88. The molecule has 6 nitrogen and oxygen atoms in total. The number of amides is 1. The maximum atomic E-state index is 12.7. The number of aryl methyl sites for hydroxylation is 1. The van der Waals surface area contributed by atoms with Crippen LogP contribution in [0.5, 0.6) is 0 Å². The quantitative estimate of drug-likeness (QED) is 0.905. The number of aliphatic carboxylic acids is 1. The molecule has 6 heteroatoms. The lowest BCUT2D eigenvalue weighted by Crippen LogP contribution is -2.39. The van der Waals surface area contributed by atoms with E-state index in [1.807, 2.05) is 32.4 Å². The van der Waals surface area contributed by atoms with E-state index in [2.05, 4.69) is 5.10 Å². The summed E-state index contributed by atoms with van der Waals surface area (Å²) >= 11 is 0. The number of aromatic nitrogens is 2. The zero-order valence-electron chi connectivity index (χ0n) is 14.0. The van der Waals surface area contributed by atoms with E-state index in [0.717, 1.165) is 18.5 Å². The molecule has 0 spiro atoms. The van der Waals surface area contributed by atoms with Crippen molar-refractivity contribution in [3.05, 3.63) is 17.5 Å². The first-order valence-electron chi connectivity index (χ1n) is 7.72. The molecule has 0 aromatic carbocycles. The summed E-state index contributed by atoms with van der Waals surface area (Å²) < 4.78 is 1.84. The largest absolute Gasteiger partial charge is 0.481 e. The van der Waals surface area contributed by atoms with Crippen molar-refractivity contribution in [2.24, 2.45) is 5.92 Å². The van der Waals surface area contributed by atoms with Crippen LogP contribution in [0.3, 0.4) is 0 Å². The van der Waals surface area contributed by atoms with Crippen LogP contribution in [0.1, 0.15) is 56.7 Å². The fraction of sp³-hybridized carbons (Fsp3) is 0.688. The summed E-state index contributed by atoms with van der Waals surface area (Å²) in [5, 5.41) is 13.5. The minimum Gasteiger partial charge on any atom is -0.481 e. The molecule has 1 aromatic rings. The number of hydrogen-bond donors (Lipinski definition) is 1. The van der Waals surface area contributed by atoms with Crippen LogP contribution in [-0.4, -0.2) is 44.3 Å². The molecule has 2 rings (SSSR count). The van der Waals surface area contributed by atoms with Crippen LogP contribution in [0, 0.1) is 12.8 Å². The molecule has 1 aliphatic carbocycles. The number of hydrogen-bond acceptors (Lipinski definition) is 3. The molecular formula is C16H25N3O3. The highest BCUT2D eigenvalue weighted by Crippen LogP contribution is 2.29. The first-order valence-corrected chi connectivity index (χ1v) is 7.72. The van der Waals surface area contributed by atoms with E-state index >= 15 is 0 Å². The van der Waals surface area contributed by atoms with Crippen molar-refractivity contribution in [2.45, 2.75) is 59.0 Å². The normalized spacial score (nSPS) is 16.4. The first-order chi connectivity index (χ1) is 10.1. The Balaban J connectivity index is 2.23. The summed E-state index contributed by atoms with van der Waals surface area (Å²) in [7, 11) is 0. The molecule has 0 bridgehead atoms. The van der Waals surface area contributed by atoms with Gasteiger partial charge in [-0.3, -0.25) is 14.3 Å². The van der Waals surface area contributed by atoms with Gasteiger partial charge in [0, 0.05) is 18.3 Å². The van der Waals surface area contributed by atoms with Gasteiger partial charge in [0.15, 0.2) is 5.69 Å². The Morgan fingerprint density at radius 3 is 2.45 bits per heavy atom. The van der Waals surface area contributed by atoms with Crippen LogP contribution in [0.25, 0.3) is 0 Å². The lowest BCUT2D eigenvalue weighted by molar-refractivity contribution is -0.141. The van der Waals surface area contributed by atoms with E-state index in [0.29, 0.717) is 5.69 Å². The minimum atomic E-state index is -0.880. The number of rotatable bonds is 5. The number of carboxylic acid groups (broad SMARTS) is 1. The number of carbonyl (C=O) groups excluding carboxylic acids is 1. The highest BCUT2D eigenvalue weighted by molar-refractivity contribution is 5.93. The molecule has 1 aliphatic rings. The van der Waals surface area contributed by atoms with Gasteiger partial charge in [0.05, 0.1) is 11.5 Å². The fourth-order valence-corrected chi connectivity index (χ4v) is 2.56. The molecule has 0 unspecified atom stereocenters. The van der Waals surface area contributed by atoms with Gasteiger partial charge in [0.1, 0.15) is 0 Å². The van der Waals surface area contributed by atoms with E-state index in [4.69, 9.17) is 5.11 Å². The van der Waals surface area contributed by atoms with Gasteiger partial charge in [-0.1, -0.05) is 6.92 Å². The van der Waals surface area contributed by atoms with Crippen molar-refractivity contribution in [2.75, 3.05) is 6.54 Å². The van der Waals surface area contributed by atoms with Gasteiger partial charge in [-0.25, -0.2) is 0 Å². The highest BCUT2D eigenvalue weighted by atomic mass is 16.4. The third-order valence-corrected chi connectivity index (χ3v) is 3.88. The van der Waals surface area contributed by atoms with Crippen molar-refractivity contribution in [3.63, 3.8) is 0 Å². The van der Waals surface area contributed by atoms with Gasteiger partial charge in [-0.05, 0) is 46.6 Å². The van der Waals surface area contributed by atoms with Gasteiger partial charge >= 0.3 is 5.97 Å². The van der Waals surface area contributed by atoms with Crippen molar-refractivity contribution in [1.29, 1.82) is 0 Å². The Morgan fingerprint density at radius 2 is 2.05 bits per heavy atom. The molecular weight excluding hydrogens is 282 g/mol. The summed E-state index contributed by atoms with van der Waals surface area (Å²) in [5.41, 5.74) is 1.14. The van der Waals surface area contributed by atoms with Crippen molar-refractivity contribution >= 4 is 11.9 Å². The van der Waals surface area contributed by atoms with Gasteiger partial charge < -0.3 is 10.0 Å². The van der Waals surface area contributed by atoms with Crippen LogP contribution in [-0.2, 0) is 10.3 Å². The van der Waals surface area contributed by atoms with Crippen molar-refractivity contribution in [3.8, 4) is 0 Å². The van der Waals surface area contributed by atoms with Gasteiger partial charge in [0.2, 0.25) is 0 Å². The maximum Gasteiger partial charge on any atom is 0.308 e. The standard InChI is InChI=1S/C16H25N3O3/c1-10(15(21)22)9-18(12-6-7-12)14(20)13-8-11(2)19(17-13)16(3,4)5/h8,10,12H,6-7,9H2,1-5H3,(H,21,22)/t10-/m1/s1. The first kappa shape index (κ1) is 16.5. The third kappa shape index (κ3) is 3.48. The molecule has 1 heterocycles. The Morgan fingerprint density at radius 1 is 1.45 bits per heavy atom. The SMILES string of the molecule is Cc1cc(C(=O)N(C[C@@H](C)C(=O)O)C2CC2)nn1C(C)(C)C. The predicted octanol–water partition coefficient (Wildman–Crippen LogP) is 2.27. The molecule has 1 saturated carbocycles. The highest BCUT2D eigenvalue weighted by Gasteiger charge is 2.36. The van der Waals surface area contributed by atoms with Crippen LogP contribution in [0.2, 0.25) is 0 Å². The van der Waals surface area contributed by atoms with E-state index in [-0.39, 0.29) is 24.0 Å². The molecule has 0 saturated heterocycles. The zero-order valence-corrected chi connectivity index (χ0v) is 14.0. The monoisotopic (exact) mass is 307 g/mol. The fourth-order valence-electron chi connectivity index (χ4n) is 2.56. The Kier molecular flexibility index (Phi) is 4.31. The van der Waals surface area contributed by atoms with Gasteiger partial charge in [-0.2, -0.15) is 5.10 Å². The average Bonchev–Trinajstić information content (AvgIpc) is 3.15. The predicted molar refractivity (Wildman–Crippen MR) is 82.8 cm³/mol. The summed E-state index contributed by atoms with van der Waals surface area (Å²) in [5.74, 6) is -1.62. The average molecular weight is 307 g/mol. The maximum absolute atomic E-state index is 12.7. The minimum absolute atomic E-state index is 0.161. The molecule has 22 heavy (non-hydrogen) atoms. The molecule has 1 N–H and O–H groups in total. The molecule has 1 fully saturated rings. The Hall–Kier alpha value is -1.85. The second-order valence-electron chi connectivity index (χ2n) is 7.18. The smallest absolute Gasteiger partial charge is 0.308 e. The van der Waals surface area contributed by atoms with E-state index < -0.39 is 11.9 Å². The van der Waals surface area contributed by atoms with Gasteiger partial charge in [0.25, 0.3) is 5.91 Å². The molecule has 122 valence electrons. The lowest BCUT2D eigenvalue weighted by Gasteiger charge is -2.24. The van der Waals surface area contributed by atoms with Crippen LogP contribution in [0.4, 0.5) is 0 Å². The van der Waals surface area contributed by atoms with Crippen molar-refractivity contribution in [1.82, 2.24) is 14.7 Å². The summed E-state index contributed by atoms with van der Waals surface area (Å²) in [4.78, 5) is 25.5. The number of nitrogens with zero attached hydrogens (tertiary/aromatic N) is 3. The number of carbonyl (C=O) groups is 2. The Bertz CT molecular complexity index is 582. The summed E-state index contributed by atoms with van der Waals surface area (Å²) in [6, 6.07) is 1.95. The van der Waals surface area contributed by atoms with Crippen LogP contribution < -0.4 is 0 Å². The molecule has 0 radical (unpaired) electrons. The molecule has 1 aromatic heterocycles. The molecule has 0 aliphatic heterocycles. The van der Waals surface area contributed by atoms with Crippen LogP contribution in [0.15, 0.2) is 6.07 Å². The van der Waals surface area contributed by atoms with Crippen LogP contribution >= 0.6 is 0 Å². The second-order valence-corrected chi connectivity index (χ2v) is 7.18. The zero-order chi connectivity index (χ0) is 16.7. The van der Waals surface area contributed by atoms with E-state index in [1.165, 1.54) is 0 Å². The summed E-state index contributed by atoms with van der Waals surface area (Å²) in [6.45, 7) is 9.89. The number of carboxylic acids is 1.